The van der Waals surface area contributed by atoms with Gasteiger partial charge in [0.05, 0.1) is 22.0 Å². The van der Waals surface area contributed by atoms with Crippen molar-refractivity contribution >= 4 is 11.4 Å². The number of nitro groups is 2. The quantitative estimate of drug-likeness (QED) is 0.618. The Balaban J connectivity index is 2.39. The molecule has 0 N–H and O–H groups in total. The van der Waals surface area contributed by atoms with Crippen molar-refractivity contribution in [2.24, 2.45) is 0 Å². The highest BCUT2D eigenvalue weighted by Gasteiger charge is 2.46. The third kappa shape index (κ3) is 1.76. The number of hydrogen-bond acceptors (Lipinski definition) is 6. The van der Waals surface area contributed by atoms with E-state index in [0.717, 1.165) is 0 Å². The number of benzene rings is 2. The smallest absolute Gasteiger partial charge is 0.258 e. The van der Waals surface area contributed by atoms with Gasteiger partial charge in [-0.1, -0.05) is 0 Å². The Morgan fingerprint density at radius 1 is 0.826 bits per heavy atom. The zero-order valence-corrected chi connectivity index (χ0v) is 11.4. The number of nitriles is 2. The highest BCUT2D eigenvalue weighted by molar-refractivity contribution is 5.86. The molecule has 0 atom stereocenters. The minimum absolute atomic E-state index is 0.173. The molecule has 23 heavy (non-hydrogen) atoms. The SMILES string of the molecule is N#CC1(C#N)c2cc([N+](=O)[O-])ccc2-c2ccc([N+](=O)[O-])cc21. The van der Waals surface area contributed by atoms with Gasteiger partial charge in [0.2, 0.25) is 0 Å². The second kappa shape index (κ2) is 4.61. The van der Waals surface area contributed by atoms with Crippen LogP contribution < -0.4 is 0 Å². The lowest BCUT2D eigenvalue weighted by molar-refractivity contribution is -0.385. The molecule has 0 amide bonds. The number of rotatable bonds is 2. The third-order valence-electron chi connectivity index (χ3n) is 3.86. The summed E-state index contributed by atoms with van der Waals surface area (Å²) >= 11 is 0. The van der Waals surface area contributed by atoms with E-state index in [4.69, 9.17) is 0 Å². The molecule has 0 radical (unpaired) electrons. The van der Waals surface area contributed by atoms with Crippen LogP contribution in [0.2, 0.25) is 0 Å². The Morgan fingerprint density at radius 2 is 1.22 bits per heavy atom. The Morgan fingerprint density at radius 3 is 1.52 bits per heavy atom. The second-order valence-corrected chi connectivity index (χ2v) is 4.95. The minimum atomic E-state index is -1.80. The number of hydrogen-bond donors (Lipinski definition) is 0. The van der Waals surface area contributed by atoms with Gasteiger partial charge in [-0.25, -0.2) is 0 Å². The summed E-state index contributed by atoms with van der Waals surface area (Å²) in [4.78, 5) is 20.7. The molecule has 1 aliphatic carbocycles. The van der Waals surface area contributed by atoms with Crippen molar-refractivity contribution in [1.82, 2.24) is 0 Å². The van der Waals surface area contributed by atoms with Crippen LogP contribution in [-0.4, -0.2) is 9.85 Å². The van der Waals surface area contributed by atoms with Crippen LogP contribution in [0.3, 0.4) is 0 Å². The monoisotopic (exact) mass is 306 g/mol. The highest BCUT2D eigenvalue weighted by Crippen LogP contribution is 2.50. The molecule has 3 rings (SSSR count). The van der Waals surface area contributed by atoms with Crippen LogP contribution in [-0.2, 0) is 5.41 Å². The molecule has 0 bridgehead atoms. The summed E-state index contributed by atoms with van der Waals surface area (Å²) in [6.45, 7) is 0. The van der Waals surface area contributed by atoms with E-state index < -0.39 is 15.3 Å². The van der Waals surface area contributed by atoms with Crippen LogP contribution in [0.4, 0.5) is 11.4 Å². The molecular weight excluding hydrogens is 300 g/mol. The Hall–Kier alpha value is -3.78. The van der Waals surface area contributed by atoms with Crippen molar-refractivity contribution in [2.75, 3.05) is 0 Å². The summed E-state index contributed by atoms with van der Waals surface area (Å²) in [5.74, 6) is 0. The number of nitrogens with zero attached hydrogens (tertiary/aromatic N) is 4. The molecule has 0 heterocycles. The lowest BCUT2D eigenvalue weighted by atomic mass is 9.81. The topological polar surface area (TPSA) is 134 Å². The zero-order chi connectivity index (χ0) is 16.8. The summed E-state index contributed by atoms with van der Waals surface area (Å²) in [7, 11) is 0. The average molecular weight is 306 g/mol. The van der Waals surface area contributed by atoms with E-state index in [1.807, 2.05) is 12.1 Å². The van der Waals surface area contributed by atoms with E-state index in [9.17, 15) is 30.8 Å². The lowest BCUT2D eigenvalue weighted by Crippen LogP contribution is -2.20. The molecule has 8 nitrogen and oxygen atoms in total. The van der Waals surface area contributed by atoms with Crippen LogP contribution in [0.25, 0.3) is 11.1 Å². The minimum Gasteiger partial charge on any atom is -0.258 e. The fraction of sp³-hybridized carbons (Fsp3) is 0.0667. The molecule has 0 aliphatic heterocycles. The fourth-order valence-corrected chi connectivity index (χ4v) is 2.79. The molecule has 0 unspecified atom stereocenters. The second-order valence-electron chi connectivity index (χ2n) is 4.95. The number of non-ortho nitro benzene ring substituents is 2. The van der Waals surface area contributed by atoms with Gasteiger partial charge in [-0.3, -0.25) is 20.2 Å². The predicted octanol–water partition coefficient (Wildman–Crippen LogP) is 2.82. The fourth-order valence-electron chi connectivity index (χ4n) is 2.79. The van der Waals surface area contributed by atoms with Gasteiger partial charge >= 0.3 is 0 Å². The van der Waals surface area contributed by atoms with Crippen molar-refractivity contribution in [3.63, 3.8) is 0 Å². The van der Waals surface area contributed by atoms with E-state index in [-0.39, 0.29) is 22.5 Å². The first-order chi connectivity index (χ1) is 10.9. The maximum Gasteiger partial charge on any atom is 0.269 e. The number of nitro benzene ring substituents is 2. The maximum atomic E-state index is 11.0. The number of fused-ring (bicyclic) bond motifs is 3. The summed E-state index contributed by atoms with van der Waals surface area (Å²) in [5.41, 5.74) is -0.976. The molecule has 0 spiro atoms. The van der Waals surface area contributed by atoms with Gasteiger partial charge < -0.3 is 0 Å². The Labute approximate surface area is 129 Å². The highest BCUT2D eigenvalue weighted by atomic mass is 16.6. The van der Waals surface area contributed by atoms with Gasteiger partial charge in [-0.2, -0.15) is 10.5 Å². The molecule has 0 saturated heterocycles. The van der Waals surface area contributed by atoms with Gasteiger partial charge in [-0.15, -0.1) is 0 Å². The molecule has 8 heteroatoms. The van der Waals surface area contributed by atoms with E-state index in [2.05, 4.69) is 0 Å². The molecule has 0 saturated carbocycles. The molecule has 1 aliphatic rings. The third-order valence-corrected chi connectivity index (χ3v) is 3.86. The van der Waals surface area contributed by atoms with E-state index in [1.165, 1.54) is 36.4 Å². The molecule has 110 valence electrons. The normalized spacial score (nSPS) is 13.3. The first-order valence-electron chi connectivity index (χ1n) is 6.35. The van der Waals surface area contributed by atoms with Crippen molar-refractivity contribution in [3.8, 4) is 23.3 Å². The van der Waals surface area contributed by atoms with E-state index >= 15 is 0 Å². The standard InChI is InChI=1S/C15H6N4O4/c16-7-15(8-17)13-5-9(18(20)21)1-3-11(13)12-4-2-10(19(22)23)6-14(12)15/h1-6H. The molecule has 2 aromatic rings. The molecular formula is C15H6N4O4. The van der Waals surface area contributed by atoms with Gasteiger partial charge in [0.15, 0.2) is 5.41 Å². The van der Waals surface area contributed by atoms with Crippen molar-refractivity contribution in [3.05, 3.63) is 67.8 Å². The lowest BCUT2D eigenvalue weighted by Gasteiger charge is -2.14. The largest absolute Gasteiger partial charge is 0.269 e. The summed E-state index contributed by atoms with van der Waals surface area (Å²) < 4.78 is 0. The Kier molecular flexibility index (Phi) is 2.84. The van der Waals surface area contributed by atoms with Gasteiger partial charge in [0.25, 0.3) is 11.4 Å². The summed E-state index contributed by atoms with van der Waals surface area (Å²) in [6.07, 6.45) is 0. The van der Waals surface area contributed by atoms with Crippen LogP contribution in [0.1, 0.15) is 11.1 Å². The first kappa shape index (κ1) is 14.2. The van der Waals surface area contributed by atoms with Gasteiger partial charge in [0.1, 0.15) is 0 Å². The van der Waals surface area contributed by atoms with Gasteiger partial charge in [0, 0.05) is 35.4 Å². The molecule has 2 aromatic carbocycles. The van der Waals surface area contributed by atoms with Crippen molar-refractivity contribution < 1.29 is 9.85 Å². The molecule has 0 fully saturated rings. The van der Waals surface area contributed by atoms with Crippen molar-refractivity contribution in [2.45, 2.75) is 5.41 Å². The summed E-state index contributed by atoms with van der Waals surface area (Å²) in [6, 6.07) is 11.5. The zero-order valence-electron chi connectivity index (χ0n) is 11.4. The van der Waals surface area contributed by atoms with Crippen LogP contribution in [0.5, 0.6) is 0 Å². The Bertz CT molecular complexity index is 889. The average Bonchev–Trinajstić information content (AvgIpc) is 2.83. The molecule has 0 aromatic heterocycles. The van der Waals surface area contributed by atoms with Gasteiger partial charge in [-0.05, 0) is 23.3 Å². The van der Waals surface area contributed by atoms with Crippen molar-refractivity contribution in [1.29, 1.82) is 10.5 Å². The first-order valence-corrected chi connectivity index (χ1v) is 6.35. The van der Waals surface area contributed by atoms with Crippen LogP contribution in [0, 0.1) is 42.9 Å². The van der Waals surface area contributed by atoms with Crippen LogP contribution in [0.15, 0.2) is 36.4 Å². The van der Waals surface area contributed by atoms with E-state index in [1.54, 1.807) is 0 Å². The summed E-state index contributed by atoms with van der Waals surface area (Å²) in [5, 5.41) is 41.0. The maximum absolute atomic E-state index is 11.0. The van der Waals surface area contributed by atoms with E-state index in [0.29, 0.717) is 11.1 Å². The van der Waals surface area contributed by atoms with Crippen LogP contribution >= 0.6 is 0 Å². The predicted molar refractivity (Wildman–Crippen MR) is 77.2 cm³/mol.